The number of hydrogen-bond acceptors (Lipinski definition) is 5. The fraction of sp³-hybridized carbons (Fsp3) is 0.182. The Kier molecular flexibility index (Phi) is 4.09. The molecule has 1 amide bonds. The second-order valence-electron chi connectivity index (χ2n) is 6.87. The minimum atomic E-state index is -0.217. The van der Waals surface area contributed by atoms with E-state index in [2.05, 4.69) is 15.1 Å². The normalized spacial score (nSPS) is 16.6. The van der Waals surface area contributed by atoms with Crippen LogP contribution in [0.3, 0.4) is 0 Å². The van der Waals surface area contributed by atoms with Crippen molar-refractivity contribution in [2.45, 2.75) is 18.9 Å². The van der Waals surface area contributed by atoms with Crippen molar-refractivity contribution >= 4 is 16.8 Å². The van der Waals surface area contributed by atoms with Crippen molar-refractivity contribution in [2.75, 3.05) is 6.54 Å². The molecule has 0 aliphatic carbocycles. The molecule has 138 valence electrons. The Hall–Kier alpha value is -3.54. The predicted molar refractivity (Wildman–Crippen MR) is 104 cm³/mol. The molecule has 1 saturated heterocycles. The first-order chi connectivity index (χ1) is 13.8. The summed E-state index contributed by atoms with van der Waals surface area (Å²) in [5, 5.41) is 5.11. The molecule has 1 atom stereocenters. The van der Waals surface area contributed by atoms with E-state index in [-0.39, 0.29) is 11.9 Å². The highest BCUT2D eigenvalue weighted by molar-refractivity contribution is 5.95. The molecule has 6 nitrogen and oxygen atoms in total. The molecule has 2 aromatic carbocycles. The standard InChI is InChI=1S/C22H18N4O2/c27-22(18-13-12-15-7-4-5-10-17(15)23-18)26-14-6-11-19(26)21-24-20(25-28-21)16-8-2-1-3-9-16/h1-5,7-10,12-13,19H,6,11,14H2. The number of amides is 1. The molecule has 3 heterocycles. The van der Waals surface area contributed by atoms with Gasteiger partial charge in [0.05, 0.1) is 5.52 Å². The Balaban J connectivity index is 1.43. The van der Waals surface area contributed by atoms with Gasteiger partial charge < -0.3 is 9.42 Å². The van der Waals surface area contributed by atoms with E-state index >= 15 is 0 Å². The molecule has 28 heavy (non-hydrogen) atoms. The first kappa shape index (κ1) is 16.6. The topological polar surface area (TPSA) is 72.1 Å². The quantitative estimate of drug-likeness (QED) is 0.539. The van der Waals surface area contributed by atoms with Crippen LogP contribution in [0.5, 0.6) is 0 Å². The third-order valence-corrected chi connectivity index (χ3v) is 5.09. The summed E-state index contributed by atoms with van der Waals surface area (Å²) in [6, 6.07) is 21.0. The number of nitrogens with zero attached hydrogens (tertiary/aromatic N) is 4. The highest BCUT2D eigenvalue weighted by Gasteiger charge is 2.35. The van der Waals surface area contributed by atoms with Gasteiger partial charge in [0.25, 0.3) is 5.91 Å². The Bertz CT molecular complexity index is 1140. The number of rotatable bonds is 3. The molecular weight excluding hydrogens is 352 g/mol. The van der Waals surface area contributed by atoms with Gasteiger partial charge in [-0.1, -0.05) is 59.8 Å². The van der Waals surface area contributed by atoms with Crippen LogP contribution < -0.4 is 0 Å². The Morgan fingerprint density at radius 2 is 1.79 bits per heavy atom. The third kappa shape index (κ3) is 2.93. The summed E-state index contributed by atoms with van der Waals surface area (Å²) in [5.41, 5.74) is 2.14. The van der Waals surface area contributed by atoms with Gasteiger partial charge in [-0.2, -0.15) is 4.98 Å². The molecule has 0 radical (unpaired) electrons. The minimum absolute atomic E-state index is 0.104. The van der Waals surface area contributed by atoms with E-state index < -0.39 is 0 Å². The number of aromatic nitrogens is 3. The number of carbonyl (C=O) groups is 1. The van der Waals surface area contributed by atoms with Gasteiger partial charge in [-0.3, -0.25) is 4.79 Å². The molecule has 0 saturated carbocycles. The zero-order chi connectivity index (χ0) is 18.9. The largest absolute Gasteiger partial charge is 0.337 e. The van der Waals surface area contributed by atoms with E-state index in [0.717, 1.165) is 29.3 Å². The van der Waals surface area contributed by atoms with Crippen LogP contribution in [-0.2, 0) is 0 Å². The zero-order valence-electron chi connectivity index (χ0n) is 15.2. The third-order valence-electron chi connectivity index (χ3n) is 5.09. The number of hydrogen-bond donors (Lipinski definition) is 0. The van der Waals surface area contributed by atoms with E-state index in [1.54, 1.807) is 11.0 Å². The molecule has 0 spiro atoms. The summed E-state index contributed by atoms with van der Waals surface area (Å²) < 4.78 is 5.51. The summed E-state index contributed by atoms with van der Waals surface area (Å²) in [5.74, 6) is 0.914. The van der Waals surface area contributed by atoms with Crippen molar-refractivity contribution < 1.29 is 9.32 Å². The van der Waals surface area contributed by atoms with Crippen LogP contribution >= 0.6 is 0 Å². The smallest absolute Gasteiger partial charge is 0.273 e. The number of pyridine rings is 1. The fourth-order valence-corrected chi connectivity index (χ4v) is 3.67. The maximum atomic E-state index is 13.1. The van der Waals surface area contributed by atoms with E-state index in [1.807, 2.05) is 60.7 Å². The summed E-state index contributed by atoms with van der Waals surface area (Å²) >= 11 is 0. The first-order valence-electron chi connectivity index (χ1n) is 9.35. The van der Waals surface area contributed by atoms with Crippen LogP contribution in [0.2, 0.25) is 0 Å². The average molecular weight is 370 g/mol. The number of fused-ring (bicyclic) bond motifs is 1. The summed E-state index contributed by atoms with van der Waals surface area (Å²) in [7, 11) is 0. The van der Waals surface area contributed by atoms with Gasteiger partial charge >= 0.3 is 0 Å². The van der Waals surface area contributed by atoms with Crippen molar-refractivity contribution in [1.29, 1.82) is 0 Å². The second-order valence-corrected chi connectivity index (χ2v) is 6.87. The first-order valence-corrected chi connectivity index (χ1v) is 9.35. The molecule has 2 aromatic heterocycles. The predicted octanol–water partition coefficient (Wildman–Crippen LogP) is 4.26. The van der Waals surface area contributed by atoms with Gasteiger partial charge in [-0.05, 0) is 25.0 Å². The monoisotopic (exact) mass is 370 g/mol. The van der Waals surface area contributed by atoms with Gasteiger partial charge in [-0.25, -0.2) is 4.98 Å². The van der Waals surface area contributed by atoms with Gasteiger partial charge in [0.2, 0.25) is 11.7 Å². The van der Waals surface area contributed by atoms with E-state index in [4.69, 9.17) is 4.52 Å². The molecule has 6 heteroatoms. The molecule has 1 fully saturated rings. The Morgan fingerprint density at radius 3 is 2.68 bits per heavy atom. The van der Waals surface area contributed by atoms with Crippen LogP contribution in [0.4, 0.5) is 0 Å². The van der Waals surface area contributed by atoms with Crippen molar-refractivity contribution in [3.05, 3.63) is 78.3 Å². The maximum Gasteiger partial charge on any atom is 0.273 e. The van der Waals surface area contributed by atoms with Crippen LogP contribution in [0, 0.1) is 0 Å². The Morgan fingerprint density at radius 1 is 0.964 bits per heavy atom. The van der Waals surface area contributed by atoms with Crippen molar-refractivity contribution in [1.82, 2.24) is 20.0 Å². The molecule has 1 aliphatic rings. The molecule has 0 bridgehead atoms. The lowest BCUT2D eigenvalue weighted by molar-refractivity contribution is 0.0704. The fourth-order valence-electron chi connectivity index (χ4n) is 3.67. The average Bonchev–Trinajstić information content (AvgIpc) is 3.43. The molecule has 0 N–H and O–H groups in total. The number of likely N-dealkylation sites (tertiary alicyclic amines) is 1. The highest BCUT2D eigenvalue weighted by Crippen LogP contribution is 2.33. The molecule has 1 aliphatic heterocycles. The Labute approximate surface area is 161 Å². The minimum Gasteiger partial charge on any atom is -0.337 e. The van der Waals surface area contributed by atoms with E-state index in [0.29, 0.717) is 24.0 Å². The molecular formula is C22H18N4O2. The lowest BCUT2D eigenvalue weighted by atomic mass is 10.2. The molecule has 4 aromatic rings. The van der Waals surface area contributed by atoms with Crippen LogP contribution in [0.25, 0.3) is 22.3 Å². The highest BCUT2D eigenvalue weighted by atomic mass is 16.5. The molecule has 5 rings (SSSR count). The van der Waals surface area contributed by atoms with E-state index in [1.165, 1.54) is 0 Å². The second kappa shape index (κ2) is 6.88. The molecule has 1 unspecified atom stereocenters. The van der Waals surface area contributed by atoms with Gasteiger partial charge in [0, 0.05) is 17.5 Å². The summed E-state index contributed by atoms with van der Waals surface area (Å²) in [6.45, 7) is 0.654. The number of carbonyl (C=O) groups excluding carboxylic acids is 1. The maximum absolute atomic E-state index is 13.1. The van der Waals surface area contributed by atoms with Gasteiger partial charge in [-0.15, -0.1) is 0 Å². The van der Waals surface area contributed by atoms with Crippen LogP contribution in [-0.4, -0.2) is 32.5 Å². The lowest BCUT2D eigenvalue weighted by Gasteiger charge is -2.21. The van der Waals surface area contributed by atoms with Gasteiger partial charge in [0.15, 0.2) is 0 Å². The van der Waals surface area contributed by atoms with Crippen molar-refractivity contribution in [3.8, 4) is 11.4 Å². The SMILES string of the molecule is O=C(c1ccc2ccccc2n1)N1CCCC1c1nc(-c2ccccc2)no1. The number of benzene rings is 2. The summed E-state index contributed by atoms with van der Waals surface area (Å²) in [4.78, 5) is 24.0. The zero-order valence-corrected chi connectivity index (χ0v) is 15.2. The van der Waals surface area contributed by atoms with Crippen LogP contribution in [0.15, 0.2) is 71.3 Å². The van der Waals surface area contributed by atoms with Crippen molar-refractivity contribution in [3.63, 3.8) is 0 Å². The summed E-state index contributed by atoms with van der Waals surface area (Å²) in [6.07, 6.45) is 1.70. The van der Waals surface area contributed by atoms with Crippen LogP contribution in [0.1, 0.15) is 35.3 Å². The van der Waals surface area contributed by atoms with E-state index in [9.17, 15) is 4.79 Å². The van der Waals surface area contributed by atoms with Gasteiger partial charge in [0.1, 0.15) is 11.7 Å². The lowest BCUT2D eigenvalue weighted by Crippen LogP contribution is -2.31. The number of para-hydroxylation sites is 1. The van der Waals surface area contributed by atoms with Crippen molar-refractivity contribution in [2.24, 2.45) is 0 Å².